The van der Waals surface area contributed by atoms with Crippen LogP contribution >= 0.6 is 11.6 Å². The summed E-state index contributed by atoms with van der Waals surface area (Å²) in [5.41, 5.74) is 0.116. The number of halogens is 1. The van der Waals surface area contributed by atoms with Crippen molar-refractivity contribution >= 4 is 23.9 Å². The van der Waals surface area contributed by atoms with E-state index in [1.807, 2.05) is 0 Å². The van der Waals surface area contributed by atoms with Crippen molar-refractivity contribution in [2.75, 3.05) is 13.7 Å². The molecule has 1 aromatic carbocycles. The highest BCUT2D eigenvalue weighted by atomic mass is 35.5. The number of carbonyl (C=O) groups is 2. The largest absolute Gasteiger partial charge is 0.546 e. The van der Waals surface area contributed by atoms with Gasteiger partial charge in [0.15, 0.2) is 17.8 Å². The van der Waals surface area contributed by atoms with Gasteiger partial charge >= 0.3 is 0 Å². The molecule has 0 heterocycles. The maximum absolute atomic E-state index is 10.7. The van der Waals surface area contributed by atoms with Crippen molar-refractivity contribution in [2.45, 2.75) is 0 Å². The van der Waals surface area contributed by atoms with Crippen molar-refractivity contribution in [2.24, 2.45) is 0 Å². The summed E-state index contributed by atoms with van der Waals surface area (Å²) in [5.74, 6) is -1.17. The standard InChI is InChI=1S/C10H9ClO5/c1-15-8-3-7(11)2-6(4-12)10(8)16-5-9(13)14/h2-4H,5H2,1H3,(H,13,14)/p-1. The number of benzene rings is 1. The molecule has 0 fully saturated rings. The van der Waals surface area contributed by atoms with Crippen LogP contribution in [0.3, 0.4) is 0 Å². The molecule has 0 aliphatic rings. The number of aldehydes is 1. The molecular formula is C10H8ClO5-. The normalized spacial score (nSPS) is 9.62. The van der Waals surface area contributed by atoms with E-state index in [4.69, 9.17) is 21.1 Å². The topological polar surface area (TPSA) is 75.7 Å². The minimum atomic E-state index is -1.39. The van der Waals surface area contributed by atoms with E-state index in [1.165, 1.54) is 19.2 Å². The van der Waals surface area contributed by atoms with Gasteiger partial charge in [-0.2, -0.15) is 0 Å². The Morgan fingerprint density at radius 3 is 2.75 bits per heavy atom. The highest BCUT2D eigenvalue weighted by Crippen LogP contribution is 2.33. The Hall–Kier alpha value is -1.75. The Bertz CT molecular complexity index is 416. The molecule has 16 heavy (non-hydrogen) atoms. The van der Waals surface area contributed by atoms with Crippen LogP contribution in [0.4, 0.5) is 0 Å². The second-order valence-electron chi connectivity index (χ2n) is 2.80. The molecule has 86 valence electrons. The van der Waals surface area contributed by atoms with Crippen LogP contribution in [0.5, 0.6) is 11.5 Å². The molecule has 0 bridgehead atoms. The smallest absolute Gasteiger partial charge is 0.172 e. The Morgan fingerprint density at radius 2 is 2.25 bits per heavy atom. The number of ether oxygens (including phenoxy) is 2. The minimum Gasteiger partial charge on any atom is -0.546 e. The van der Waals surface area contributed by atoms with E-state index >= 15 is 0 Å². The molecular weight excluding hydrogens is 236 g/mol. The second kappa shape index (κ2) is 5.37. The van der Waals surface area contributed by atoms with Gasteiger partial charge in [-0.3, -0.25) is 4.79 Å². The first-order chi connectivity index (χ1) is 7.58. The van der Waals surface area contributed by atoms with Crippen molar-refractivity contribution in [3.8, 4) is 11.5 Å². The van der Waals surface area contributed by atoms with Gasteiger partial charge in [0.05, 0.1) is 18.6 Å². The summed E-state index contributed by atoms with van der Waals surface area (Å²) in [7, 11) is 1.35. The lowest BCUT2D eigenvalue weighted by atomic mass is 10.2. The third-order valence-corrected chi connectivity index (χ3v) is 1.95. The molecule has 0 saturated heterocycles. The molecule has 0 spiro atoms. The Labute approximate surface area is 96.5 Å². The Morgan fingerprint density at radius 1 is 1.56 bits per heavy atom. The quantitative estimate of drug-likeness (QED) is 0.695. The highest BCUT2D eigenvalue weighted by Gasteiger charge is 2.12. The molecule has 0 saturated carbocycles. The van der Waals surface area contributed by atoms with E-state index in [-0.39, 0.29) is 17.1 Å². The van der Waals surface area contributed by atoms with Gasteiger partial charge in [0.25, 0.3) is 0 Å². The van der Waals surface area contributed by atoms with Gasteiger partial charge < -0.3 is 19.4 Å². The number of hydrogen-bond donors (Lipinski definition) is 0. The summed E-state index contributed by atoms with van der Waals surface area (Å²) in [4.78, 5) is 21.0. The Balaban J connectivity index is 3.11. The molecule has 1 aromatic rings. The van der Waals surface area contributed by atoms with E-state index in [1.54, 1.807) is 0 Å². The molecule has 1 rings (SSSR count). The average molecular weight is 244 g/mol. The number of rotatable bonds is 5. The third-order valence-electron chi connectivity index (χ3n) is 1.73. The zero-order valence-corrected chi connectivity index (χ0v) is 9.11. The number of carboxylic acids is 1. The molecule has 0 amide bonds. The van der Waals surface area contributed by atoms with Crippen LogP contribution in [0.25, 0.3) is 0 Å². The van der Waals surface area contributed by atoms with Crippen molar-refractivity contribution in [1.29, 1.82) is 0 Å². The van der Waals surface area contributed by atoms with Crippen LogP contribution in [0.15, 0.2) is 12.1 Å². The molecule has 0 radical (unpaired) electrons. The zero-order chi connectivity index (χ0) is 12.1. The predicted octanol–water partition coefficient (Wildman–Crippen LogP) is 0.290. The molecule has 6 heteroatoms. The van der Waals surface area contributed by atoms with Crippen LogP contribution in [0.2, 0.25) is 5.02 Å². The first-order valence-electron chi connectivity index (χ1n) is 4.24. The summed E-state index contributed by atoms with van der Waals surface area (Å²) < 4.78 is 9.81. The highest BCUT2D eigenvalue weighted by molar-refractivity contribution is 6.31. The molecule has 0 aromatic heterocycles. The number of methoxy groups -OCH3 is 1. The van der Waals surface area contributed by atoms with Gasteiger partial charge in [-0.1, -0.05) is 11.6 Å². The van der Waals surface area contributed by atoms with Gasteiger partial charge in [-0.15, -0.1) is 0 Å². The fourth-order valence-corrected chi connectivity index (χ4v) is 1.33. The van der Waals surface area contributed by atoms with Crippen molar-refractivity contribution in [3.05, 3.63) is 22.7 Å². The van der Waals surface area contributed by atoms with Gasteiger partial charge in [-0.25, -0.2) is 0 Å². The van der Waals surface area contributed by atoms with E-state index in [0.717, 1.165) is 0 Å². The third kappa shape index (κ3) is 2.87. The average Bonchev–Trinajstić information content (AvgIpc) is 2.25. The summed E-state index contributed by atoms with van der Waals surface area (Å²) in [6.45, 7) is -0.668. The lowest BCUT2D eigenvalue weighted by molar-refractivity contribution is -0.307. The lowest BCUT2D eigenvalue weighted by Crippen LogP contribution is -2.29. The van der Waals surface area contributed by atoms with Crippen molar-refractivity contribution in [1.82, 2.24) is 0 Å². The van der Waals surface area contributed by atoms with Crippen molar-refractivity contribution in [3.63, 3.8) is 0 Å². The molecule has 0 N–H and O–H groups in total. The fourth-order valence-electron chi connectivity index (χ4n) is 1.11. The second-order valence-corrected chi connectivity index (χ2v) is 3.24. The number of aliphatic carboxylic acids is 1. The van der Waals surface area contributed by atoms with Crippen LogP contribution in [0, 0.1) is 0 Å². The Kier molecular flexibility index (Phi) is 4.13. The zero-order valence-electron chi connectivity index (χ0n) is 8.36. The predicted molar refractivity (Wildman–Crippen MR) is 53.9 cm³/mol. The van der Waals surface area contributed by atoms with E-state index in [9.17, 15) is 14.7 Å². The number of hydrogen-bond acceptors (Lipinski definition) is 5. The summed E-state index contributed by atoms with van der Waals surface area (Å²) in [5, 5.41) is 10.5. The maximum Gasteiger partial charge on any atom is 0.172 e. The first-order valence-corrected chi connectivity index (χ1v) is 4.61. The number of carboxylic acid groups (broad SMARTS) is 1. The van der Waals surface area contributed by atoms with Gasteiger partial charge in [0.1, 0.15) is 6.61 Å². The van der Waals surface area contributed by atoms with E-state index in [2.05, 4.69) is 0 Å². The first kappa shape index (κ1) is 12.3. The molecule has 0 aliphatic heterocycles. The van der Waals surface area contributed by atoms with Gasteiger partial charge in [-0.05, 0) is 6.07 Å². The van der Waals surface area contributed by atoms with Crippen LogP contribution in [-0.2, 0) is 4.79 Å². The van der Waals surface area contributed by atoms with Gasteiger partial charge in [0, 0.05) is 11.1 Å². The lowest BCUT2D eigenvalue weighted by Gasteiger charge is -2.13. The monoisotopic (exact) mass is 243 g/mol. The molecule has 5 nitrogen and oxygen atoms in total. The summed E-state index contributed by atoms with van der Waals surface area (Å²) in [6.07, 6.45) is 0.499. The summed E-state index contributed by atoms with van der Waals surface area (Å²) in [6, 6.07) is 2.76. The van der Waals surface area contributed by atoms with Crippen molar-refractivity contribution < 1.29 is 24.2 Å². The molecule has 0 atom stereocenters. The van der Waals surface area contributed by atoms with Crippen LogP contribution in [0.1, 0.15) is 10.4 Å². The number of carbonyl (C=O) groups excluding carboxylic acids is 2. The SMILES string of the molecule is COc1cc(Cl)cc(C=O)c1OCC(=O)[O-]. The minimum absolute atomic E-state index is 0.0334. The van der Waals surface area contributed by atoms with E-state index in [0.29, 0.717) is 11.3 Å². The fraction of sp³-hybridized carbons (Fsp3) is 0.200. The molecule has 0 unspecified atom stereocenters. The van der Waals surface area contributed by atoms with Crippen LogP contribution < -0.4 is 14.6 Å². The molecule has 0 aliphatic carbocycles. The summed E-state index contributed by atoms with van der Waals surface area (Å²) >= 11 is 5.72. The van der Waals surface area contributed by atoms with Crippen LogP contribution in [-0.4, -0.2) is 26.0 Å². The van der Waals surface area contributed by atoms with Gasteiger partial charge in [0.2, 0.25) is 0 Å². The maximum atomic E-state index is 10.7. The van der Waals surface area contributed by atoms with E-state index < -0.39 is 12.6 Å².